The molecule has 5 heteroatoms. The van der Waals surface area contributed by atoms with Crippen LogP contribution in [0, 0.1) is 10.1 Å². The maximum atomic E-state index is 10.5. The quantitative estimate of drug-likeness (QED) is 0.598. The van der Waals surface area contributed by atoms with Crippen LogP contribution in [0.25, 0.3) is 0 Å². The smallest absolute Gasteiger partial charge is 0.183 e. The summed E-state index contributed by atoms with van der Waals surface area (Å²) in [4.78, 5) is 15.1. The highest BCUT2D eigenvalue weighted by Gasteiger charge is 2.12. The van der Waals surface area contributed by atoms with Crippen LogP contribution in [0.1, 0.15) is 0 Å². The number of hydrogen-bond acceptors (Lipinski definition) is 4. The van der Waals surface area contributed by atoms with Crippen molar-refractivity contribution in [1.29, 1.82) is 0 Å². The molecule has 2 aromatic rings. The molecule has 0 bridgehead atoms. The molecule has 0 aliphatic rings. The van der Waals surface area contributed by atoms with E-state index in [-0.39, 0.29) is 0 Å². The van der Waals surface area contributed by atoms with Crippen molar-refractivity contribution in [1.82, 2.24) is 0 Å². The number of nitrogens with zero attached hydrogens (tertiary/aromatic N) is 2. The molecule has 0 aliphatic heterocycles. The second-order valence-corrected chi connectivity index (χ2v) is 3.27. The fourth-order valence-electron chi connectivity index (χ4n) is 1.44. The average Bonchev–Trinajstić information content (AvgIpc) is 2.38. The van der Waals surface area contributed by atoms with E-state index in [4.69, 9.17) is 0 Å². The third-order valence-electron chi connectivity index (χ3n) is 2.13. The van der Waals surface area contributed by atoms with Gasteiger partial charge in [0.15, 0.2) is 0 Å². The van der Waals surface area contributed by atoms with Gasteiger partial charge in [0.25, 0.3) is 0 Å². The van der Waals surface area contributed by atoms with Crippen LogP contribution in [0.2, 0.25) is 0 Å². The molecule has 0 aromatic heterocycles. The van der Waals surface area contributed by atoms with Gasteiger partial charge in [0.1, 0.15) is 0 Å². The predicted molar refractivity (Wildman–Crippen MR) is 63.1 cm³/mol. The lowest BCUT2D eigenvalue weighted by Gasteiger charge is -2.20. The normalized spacial score (nSPS) is 9.65. The molecule has 2 aromatic carbocycles. The standard InChI is InChI=1S/C12H10N2O3/c15-14(16)17-13(11-7-3-1-4-8-11)12-9-5-2-6-10-12/h1-10H. The van der Waals surface area contributed by atoms with Crippen molar-refractivity contribution in [2.24, 2.45) is 0 Å². The summed E-state index contributed by atoms with van der Waals surface area (Å²) >= 11 is 0. The fraction of sp³-hybridized carbons (Fsp3) is 0. The van der Waals surface area contributed by atoms with Crippen molar-refractivity contribution >= 4 is 11.4 Å². The highest BCUT2D eigenvalue weighted by molar-refractivity contribution is 5.59. The molecule has 5 nitrogen and oxygen atoms in total. The van der Waals surface area contributed by atoms with Gasteiger partial charge >= 0.3 is 5.09 Å². The summed E-state index contributed by atoms with van der Waals surface area (Å²) in [5.74, 6) is 0. The molecule has 17 heavy (non-hydrogen) atoms. The van der Waals surface area contributed by atoms with Crippen molar-refractivity contribution in [3.8, 4) is 0 Å². The van der Waals surface area contributed by atoms with Crippen molar-refractivity contribution in [2.75, 3.05) is 5.06 Å². The van der Waals surface area contributed by atoms with Crippen molar-refractivity contribution < 1.29 is 10.0 Å². The van der Waals surface area contributed by atoms with E-state index in [2.05, 4.69) is 4.94 Å². The van der Waals surface area contributed by atoms with Crippen molar-refractivity contribution in [3.05, 3.63) is 70.8 Å². The van der Waals surface area contributed by atoms with Gasteiger partial charge in [0.2, 0.25) is 0 Å². The largest absolute Gasteiger partial charge is 0.317 e. The van der Waals surface area contributed by atoms with Gasteiger partial charge < -0.3 is 0 Å². The molecular formula is C12H10N2O3. The average molecular weight is 230 g/mol. The Hall–Kier alpha value is -2.56. The Balaban J connectivity index is 2.36. The number of anilines is 2. The van der Waals surface area contributed by atoms with Gasteiger partial charge in [-0.2, -0.15) is 10.0 Å². The van der Waals surface area contributed by atoms with E-state index in [1.54, 1.807) is 48.5 Å². The summed E-state index contributed by atoms with van der Waals surface area (Å²) in [7, 11) is 0. The van der Waals surface area contributed by atoms with E-state index in [1.807, 2.05) is 12.1 Å². The van der Waals surface area contributed by atoms with Crippen LogP contribution in [0.5, 0.6) is 0 Å². The topological polar surface area (TPSA) is 55.6 Å². The predicted octanol–water partition coefficient (Wildman–Crippen LogP) is 2.95. The van der Waals surface area contributed by atoms with Crippen LogP contribution in [-0.4, -0.2) is 5.09 Å². The van der Waals surface area contributed by atoms with Crippen LogP contribution in [0.4, 0.5) is 11.4 Å². The molecule has 0 spiro atoms. The Bertz CT molecular complexity index is 448. The molecule has 0 unspecified atom stereocenters. The number of rotatable bonds is 4. The lowest BCUT2D eigenvalue weighted by Crippen LogP contribution is -2.21. The zero-order chi connectivity index (χ0) is 12.1. The third-order valence-corrected chi connectivity index (χ3v) is 2.13. The summed E-state index contributed by atoms with van der Waals surface area (Å²) in [6.45, 7) is 0. The molecule has 0 fully saturated rings. The van der Waals surface area contributed by atoms with E-state index >= 15 is 0 Å². The second kappa shape index (κ2) is 4.98. The van der Waals surface area contributed by atoms with E-state index in [0.717, 1.165) is 0 Å². The Morgan fingerprint density at radius 3 is 1.65 bits per heavy atom. The van der Waals surface area contributed by atoms with Crippen LogP contribution in [-0.2, 0) is 4.94 Å². The first-order valence-electron chi connectivity index (χ1n) is 5.00. The molecular weight excluding hydrogens is 220 g/mol. The minimum absolute atomic E-state index is 0.593. The molecule has 0 N–H and O–H groups in total. The van der Waals surface area contributed by atoms with E-state index < -0.39 is 5.09 Å². The van der Waals surface area contributed by atoms with Gasteiger partial charge in [-0.1, -0.05) is 36.4 Å². The molecule has 0 aliphatic carbocycles. The summed E-state index contributed by atoms with van der Waals surface area (Å²) in [6.07, 6.45) is 0. The van der Waals surface area contributed by atoms with Gasteiger partial charge in [-0.3, -0.25) is 0 Å². The Morgan fingerprint density at radius 2 is 1.29 bits per heavy atom. The number of benzene rings is 2. The fourth-order valence-corrected chi connectivity index (χ4v) is 1.44. The van der Waals surface area contributed by atoms with Gasteiger partial charge in [-0.25, -0.2) is 0 Å². The van der Waals surface area contributed by atoms with Crippen molar-refractivity contribution in [3.63, 3.8) is 0 Å². The maximum absolute atomic E-state index is 10.5. The van der Waals surface area contributed by atoms with Gasteiger partial charge in [0.05, 0.1) is 11.4 Å². The first-order valence-corrected chi connectivity index (χ1v) is 5.00. The molecule has 0 radical (unpaired) electrons. The lowest BCUT2D eigenvalue weighted by molar-refractivity contribution is -0.758. The molecule has 2 rings (SSSR count). The Morgan fingerprint density at radius 1 is 0.882 bits per heavy atom. The highest BCUT2D eigenvalue weighted by Crippen LogP contribution is 2.24. The van der Waals surface area contributed by atoms with Crippen molar-refractivity contribution in [2.45, 2.75) is 0 Å². The minimum atomic E-state index is -0.833. The molecule has 0 amide bonds. The van der Waals surface area contributed by atoms with Crippen LogP contribution < -0.4 is 5.06 Å². The zero-order valence-electron chi connectivity index (χ0n) is 8.89. The first-order chi connectivity index (χ1) is 8.27. The number of hydrogen-bond donors (Lipinski definition) is 0. The third kappa shape index (κ3) is 2.72. The SMILES string of the molecule is O=[N+]([O-])ON(c1ccccc1)c1ccccc1. The molecule has 0 heterocycles. The number of para-hydroxylation sites is 2. The minimum Gasteiger partial charge on any atom is -0.183 e. The van der Waals surface area contributed by atoms with Gasteiger partial charge in [-0.05, 0) is 24.3 Å². The summed E-state index contributed by atoms with van der Waals surface area (Å²) in [5, 5.41) is 10.8. The van der Waals surface area contributed by atoms with Crippen LogP contribution >= 0.6 is 0 Å². The summed E-state index contributed by atoms with van der Waals surface area (Å²) < 4.78 is 0. The Labute approximate surface area is 97.9 Å². The highest BCUT2D eigenvalue weighted by atomic mass is 17.0. The first kappa shape index (κ1) is 10.9. The van der Waals surface area contributed by atoms with E-state index in [0.29, 0.717) is 11.4 Å². The van der Waals surface area contributed by atoms with Crippen LogP contribution in [0.3, 0.4) is 0 Å². The van der Waals surface area contributed by atoms with E-state index in [1.165, 1.54) is 5.06 Å². The molecule has 0 saturated heterocycles. The monoisotopic (exact) mass is 230 g/mol. The van der Waals surface area contributed by atoms with E-state index in [9.17, 15) is 10.1 Å². The summed E-state index contributed by atoms with van der Waals surface area (Å²) in [5.41, 5.74) is 1.19. The molecule has 86 valence electrons. The summed E-state index contributed by atoms with van der Waals surface area (Å²) in [6, 6.07) is 17.7. The maximum Gasteiger partial charge on any atom is 0.317 e. The Kier molecular flexibility index (Phi) is 3.20. The molecule has 0 saturated carbocycles. The lowest BCUT2D eigenvalue weighted by atomic mass is 10.2. The molecule has 0 atom stereocenters. The zero-order valence-corrected chi connectivity index (χ0v) is 8.89. The van der Waals surface area contributed by atoms with Crippen LogP contribution in [0.15, 0.2) is 60.7 Å². The second-order valence-electron chi connectivity index (χ2n) is 3.27. The van der Waals surface area contributed by atoms with Gasteiger partial charge in [0, 0.05) is 0 Å². The van der Waals surface area contributed by atoms with Gasteiger partial charge in [-0.15, -0.1) is 10.1 Å².